The monoisotopic (exact) mass is 356 g/mol. The molecule has 1 aromatic heterocycles. The number of methoxy groups -OCH3 is 2. The first kappa shape index (κ1) is 18.0. The molecule has 1 aliphatic rings. The summed E-state index contributed by atoms with van der Waals surface area (Å²) in [4.78, 5) is 23.3. The van der Waals surface area contributed by atoms with Gasteiger partial charge in [0.15, 0.2) is 0 Å². The molecule has 0 saturated carbocycles. The number of anilines is 1. The van der Waals surface area contributed by atoms with Gasteiger partial charge in [0.1, 0.15) is 22.9 Å². The molecule has 1 saturated heterocycles. The molecule has 0 aliphatic carbocycles. The highest BCUT2D eigenvalue weighted by Gasteiger charge is 2.23. The van der Waals surface area contributed by atoms with Gasteiger partial charge >= 0.3 is 0 Å². The Morgan fingerprint density at radius 1 is 1.19 bits per heavy atom. The first-order valence-electron chi connectivity index (χ1n) is 8.73. The molecule has 26 heavy (non-hydrogen) atoms. The smallest absolute Gasteiger partial charge is 0.258 e. The van der Waals surface area contributed by atoms with Crippen LogP contribution in [0.1, 0.15) is 23.2 Å². The first-order chi connectivity index (χ1) is 12.7. The standard InChI is InChI=1S/C19H24N4O3/c1-25-15-4-3-5-16(26-2)18(15)19(24)22-12-14-6-10-23(11-7-14)17-13-20-8-9-21-17/h3-5,8-9,13-14H,6-7,10-12H2,1-2H3,(H,22,24). The molecule has 0 radical (unpaired) electrons. The Morgan fingerprint density at radius 2 is 1.88 bits per heavy atom. The second kappa shape index (κ2) is 8.51. The van der Waals surface area contributed by atoms with Crippen molar-refractivity contribution in [3.8, 4) is 11.5 Å². The van der Waals surface area contributed by atoms with Crippen LogP contribution >= 0.6 is 0 Å². The fraction of sp³-hybridized carbons (Fsp3) is 0.421. The number of hydrogen-bond donors (Lipinski definition) is 1. The van der Waals surface area contributed by atoms with Crippen LogP contribution in [-0.2, 0) is 0 Å². The van der Waals surface area contributed by atoms with Gasteiger partial charge in [0.2, 0.25) is 0 Å². The Hall–Kier alpha value is -2.83. The van der Waals surface area contributed by atoms with E-state index in [2.05, 4.69) is 20.2 Å². The van der Waals surface area contributed by atoms with E-state index in [0.717, 1.165) is 31.7 Å². The van der Waals surface area contributed by atoms with Gasteiger partial charge in [0.25, 0.3) is 5.91 Å². The number of rotatable bonds is 6. The molecule has 0 spiro atoms. The van der Waals surface area contributed by atoms with Crippen LogP contribution in [0.15, 0.2) is 36.8 Å². The van der Waals surface area contributed by atoms with Gasteiger partial charge in [0.05, 0.1) is 20.4 Å². The van der Waals surface area contributed by atoms with Gasteiger partial charge in [-0.2, -0.15) is 0 Å². The Morgan fingerprint density at radius 3 is 2.46 bits per heavy atom. The third kappa shape index (κ3) is 4.04. The van der Waals surface area contributed by atoms with Crippen LogP contribution in [0.5, 0.6) is 11.5 Å². The zero-order chi connectivity index (χ0) is 18.4. The van der Waals surface area contributed by atoms with Gasteiger partial charge < -0.3 is 19.7 Å². The van der Waals surface area contributed by atoms with Crippen molar-refractivity contribution < 1.29 is 14.3 Å². The van der Waals surface area contributed by atoms with E-state index in [4.69, 9.17) is 9.47 Å². The van der Waals surface area contributed by atoms with Crippen molar-refractivity contribution in [3.63, 3.8) is 0 Å². The highest BCUT2D eigenvalue weighted by Crippen LogP contribution is 2.28. The Bertz CT molecular complexity index is 709. The third-order valence-electron chi connectivity index (χ3n) is 4.69. The van der Waals surface area contributed by atoms with Crippen molar-refractivity contribution in [2.75, 3.05) is 38.8 Å². The molecule has 1 N–H and O–H groups in total. The van der Waals surface area contributed by atoms with E-state index in [1.165, 1.54) is 0 Å². The predicted octanol–water partition coefficient (Wildman–Crippen LogP) is 2.14. The fourth-order valence-electron chi connectivity index (χ4n) is 3.22. The summed E-state index contributed by atoms with van der Waals surface area (Å²) in [5.74, 6) is 2.20. The summed E-state index contributed by atoms with van der Waals surface area (Å²) in [6, 6.07) is 5.32. The molecule has 3 rings (SSSR count). The first-order valence-corrected chi connectivity index (χ1v) is 8.73. The normalized spacial score (nSPS) is 14.8. The average molecular weight is 356 g/mol. The summed E-state index contributed by atoms with van der Waals surface area (Å²) < 4.78 is 10.6. The Kier molecular flexibility index (Phi) is 5.88. The largest absolute Gasteiger partial charge is 0.496 e. The van der Waals surface area contributed by atoms with Gasteiger partial charge in [-0.1, -0.05) is 6.07 Å². The molecule has 1 aromatic carbocycles. The summed E-state index contributed by atoms with van der Waals surface area (Å²) in [5.41, 5.74) is 0.439. The highest BCUT2D eigenvalue weighted by atomic mass is 16.5. The van der Waals surface area contributed by atoms with Crippen LogP contribution in [0.4, 0.5) is 5.82 Å². The van der Waals surface area contributed by atoms with Gasteiger partial charge in [-0.3, -0.25) is 9.78 Å². The summed E-state index contributed by atoms with van der Waals surface area (Å²) >= 11 is 0. The van der Waals surface area contributed by atoms with Crippen LogP contribution in [-0.4, -0.2) is 49.7 Å². The van der Waals surface area contributed by atoms with Crippen molar-refractivity contribution in [2.24, 2.45) is 5.92 Å². The van der Waals surface area contributed by atoms with Crippen molar-refractivity contribution in [1.29, 1.82) is 0 Å². The van der Waals surface area contributed by atoms with Crippen LogP contribution in [0.2, 0.25) is 0 Å². The quantitative estimate of drug-likeness (QED) is 0.855. The number of piperidine rings is 1. The molecule has 0 unspecified atom stereocenters. The van der Waals surface area contributed by atoms with E-state index >= 15 is 0 Å². The van der Waals surface area contributed by atoms with Gasteiger partial charge in [0, 0.05) is 32.0 Å². The van der Waals surface area contributed by atoms with Crippen molar-refractivity contribution in [2.45, 2.75) is 12.8 Å². The average Bonchev–Trinajstić information content (AvgIpc) is 2.72. The van der Waals surface area contributed by atoms with E-state index in [1.807, 2.05) is 0 Å². The Labute approximate surface area is 153 Å². The van der Waals surface area contributed by atoms with Crippen LogP contribution < -0.4 is 19.7 Å². The summed E-state index contributed by atoms with van der Waals surface area (Å²) in [7, 11) is 3.10. The van der Waals surface area contributed by atoms with Crippen molar-refractivity contribution in [3.05, 3.63) is 42.4 Å². The topological polar surface area (TPSA) is 76.6 Å². The molecule has 1 amide bonds. The minimum absolute atomic E-state index is 0.171. The number of hydrogen-bond acceptors (Lipinski definition) is 6. The molecular weight excluding hydrogens is 332 g/mol. The number of benzene rings is 1. The lowest BCUT2D eigenvalue weighted by molar-refractivity contribution is 0.0938. The fourth-order valence-corrected chi connectivity index (χ4v) is 3.22. The maximum atomic E-state index is 12.6. The van der Waals surface area contributed by atoms with Crippen molar-refractivity contribution >= 4 is 11.7 Å². The Balaban J connectivity index is 1.55. The number of nitrogens with one attached hydrogen (secondary N) is 1. The predicted molar refractivity (Wildman–Crippen MR) is 98.8 cm³/mol. The molecule has 0 atom stereocenters. The zero-order valence-electron chi connectivity index (χ0n) is 15.1. The summed E-state index contributed by atoms with van der Waals surface area (Å²) in [6.45, 7) is 2.46. The van der Waals surface area contributed by atoms with Gasteiger partial charge in [-0.05, 0) is 30.9 Å². The maximum absolute atomic E-state index is 12.6. The van der Waals surface area contributed by atoms with E-state index in [-0.39, 0.29) is 5.91 Å². The lowest BCUT2D eigenvalue weighted by Crippen LogP contribution is -2.39. The maximum Gasteiger partial charge on any atom is 0.258 e. The second-order valence-corrected chi connectivity index (χ2v) is 6.24. The SMILES string of the molecule is COc1cccc(OC)c1C(=O)NCC1CCN(c2cnccn2)CC1. The number of aromatic nitrogens is 2. The number of amides is 1. The molecule has 7 nitrogen and oxygen atoms in total. The number of carbonyl (C=O) groups is 1. The molecule has 138 valence electrons. The molecule has 7 heteroatoms. The van der Waals surface area contributed by atoms with E-state index in [1.54, 1.807) is 51.0 Å². The number of carbonyl (C=O) groups excluding carboxylic acids is 1. The summed E-state index contributed by atoms with van der Waals surface area (Å²) in [6.07, 6.45) is 7.18. The molecule has 0 bridgehead atoms. The second-order valence-electron chi connectivity index (χ2n) is 6.24. The van der Waals surface area contributed by atoms with E-state index < -0.39 is 0 Å². The molecular formula is C19H24N4O3. The zero-order valence-corrected chi connectivity index (χ0v) is 15.1. The van der Waals surface area contributed by atoms with Crippen LogP contribution in [0.3, 0.4) is 0 Å². The molecule has 2 aromatic rings. The van der Waals surface area contributed by atoms with Crippen LogP contribution in [0, 0.1) is 5.92 Å². The molecule has 1 aliphatic heterocycles. The minimum atomic E-state index is -0.171. The van der Waals surface area contributed by atoms with Gasteiger partial charge in [-0.25, -0.2) is 4.98 Å². The lowest BCUT2D eigenvalue weighted by atomic mass is 9.96. The van der Waals surface area contributed by atoms with Gasteiger partial charge in [-0.15, -0.1) is 0 Å². The van der Waals surface area contributed by atoms with Crippen LogP contribution in [0.25, 0.3) is 0 Å². The minimum Gasteiger partial charge on any atom is -0.496 e. The third-order valence-corrected chi connectivity index (χ3v) is 4.69. The van der Waals surface area contributed by atoms with E-state index in [0.29, 0.717) is 29.5 Å². The molecule has 2 heterocycles. The molecule has 1 fully saturated rings. The van der Waals surface area contributed by atoms with E-state index in [9.17, 15) is 4.79 Å². The number of nitrogens with zero attached hydrogens (tertiary/aromatic N) is 3. The van der Waals surface area contributed by atoms with Crippen molar-refractivity contribution in [1.82, 2.24) is 15.3 Å². The number of ether oxygens (including phenoxy) is 2. The highest BCUT2D eigenvalue weighted by molar-refractivity contribution is 5.99. The lowest BCUT2D eigenvalue weighted by Gasteiger charge is -2.32. The summed E-state index contributed by atoms with van der Waals surface area (Å²) in [5, 5.41) is 3.03.